The number of carbonyl (C=O) groups is 1. The number of halogens is 3. The van der Waals surface area contributed by atoms with Crippen molar-refractivity contribution in [3.8, 4) is 22.5 Å². The lowest BCUT2D eigenvalue weighted by molar-refractivity contribution is -0.143. The van der Waals surface area contributed by atoms with E-state index in [4.69, 9.17) is 4.74 Å². The number of likely N-dealkylation sites (tertiary alicyclic amines) is 1. The van der Waals surface area contributed by atoms with Gasteiger partial charge in [-0.05, 0) is 60.2 Å². The second-order valence-electron chi connectivity index (χ2n) is 9.59. The van der Waals surface area contributed by atoms with E-state index in [1.54, 1.807) is 41.3 Å². The summed E-state index contributed by atoms with van der Waals surface area (Å²) in [5.41, 5.74) is 0.901. The van der Waals surface area contributed by atoms with Crippen LogP contribution in [0.15, 0.2) is 42.5 Å². The summed E-state index contributed by atoms with van der Waals surface area (Å²) in [7, 11) is 0. The van der Waals surface area contributed by atoms with Gasteiger partial charge in [-0.25, -0.2) is 13.2 Å². The monoisotopic (exact) mass is 483 g/mol. The Morgan fingerprint density at radius 2 is 1.83 bits per heavy atom. The van der Waals surface area contributed by atoms with E-state index in [1.165, 1.54) is 6.07 Å². The van der Waals surface area contributed by atoms with Gasteiger partial charge in [0.15, 0.2) is 0 Å². The lowest BCUT2D eigenvalue weighted by atomic mass is 9.87. The number of nitrogens with one attached hydrogen (secondary N) is 1. The third-order valence-corrected chi connectivity index (χ3v) is 7.79. The van der Waals surface area contributed by atoms with Crippen LogP contribution in [0, 0.1) is 11.2 Å². The van der Waals surface area contributed by atoms with Crippen molar-refractivity contribution in [2.24, 2.45) is 5.41 Å². The molecule has 2 atom stereocenters. The molecule has 1 aromatic heterocycles. The number of piperidine rings is 1. The zero-order valence-electron chi connectivity index (χ0n) is 18.9. The zero-order valence-corrected chi connectivity index (χ0v) is 18.9. The number of hydrogen-bond donors (Lipinski definition) is 1. The Morgan fingerprint density at radius 3 is 2.49 bits per heavy atom. The summed E-state index contributed by atoms with van der Waals surface area (Å²) >= 11 is 0. The molecule has 35 heavy (non-hydrogen) atoms. The molecule has 0 bridgehead atoms. The van der Waals surface area contributed by atoms with Crippen LogP contribution in [0.5, 0.6) is 0 Å². The van der Waals surface area contributed by atoms with E-state index in [0.29, 0.717) is 54.2 Å². The molecular weight excluding hydrogens is 459 g/mol. The van der Waals surface area contributed by atoms with Crippen LogP contribution >= 0.6 is 0 Å². The first kappa shape index (κ1) is 22.2. The molecule has 1 amide bonds. The average molecular weight is 483 g/mol. The number of H-pyrrole nitrogens is 1. The van der Waals surface area contributed by atoms with Gasteiger partial charge in [0, 0.05) is 30.8 Å². The number of hydrogen-bond acceptors (Lipinski definition) is 5. The highest BCUT2D eigenvalue weighted by molar-refractivity contribution is 5.81. The summed E-state index contributed by atoms with van der Waals surface area (Å²) in [6.45, 7) is 1.21. The highest BCUT2D eigenvalue weighted by Gasteiger charge is 2.80. The van der Waals surface area contributed by atoms with Crippen molar-refractivity contribution in [3.63, 3.8) is 0 Å². The molecular formula is C25H24F3N5O2. The Morgan fingerprint density at radius 1 is 1.09 bits per heavy atom. The van der Waals surface area contributed by atoms with Gasteiger partial charge in [-0.15, -0.1) is 10.2 Å². The topological polar surface area (TPSA) is 84.0 Å². The quantitative estimate of drug-likeness (QED) is 0.602. The second-order valence-corrected chi connectivity index (χ2v) is 9.59. The Bertz CT molecular complexity index is 1230. The summed E-state index contributed by atoms with van der Waals surface area (Å²) in [5, 5.41) is 13.7. The van der Waals surface area contributed by atoms with Gasteiger partial charge in [-0.3, -0.25) is 4.79 Å². The van der Waals surface area contributed by atoms with Crippen LogP contribution in [-0.4, -0.2) is 63.2 Å². The molecule has 0 unspecified atom stereocenters. The Labute approximate surface area is 199 Å². The number of aromatic nitrogens is 4. The number of rotatable bonds is 4. The smallest absolute Gasteiger partial charge is 0.262 e. The van der Waals surface area contributed by atoms with Crippen LogP contribution in [0.25, 0.3) is 22.5 Å². The number of tetrazole rings is 1. The highest BCUT2D eigenvalue weighted by atomic mass is 19.3. The molecule has 7 nitrogen and oxygen atoms in total. The number of amides is 1. The number of alkyl halides is 2. The minimum absolute atomic E-state index is 0.0766. The molecule has 1 N–H and O–H groups in total. The predicted molar refractivity (Wildman–Crippen MR) is 120 cm³/mol. The lowest BCUT2D eigenvalue weighted by Crippen LogP contribution is -2.45. The molecule has 3 heterocycles. The minimum Gasteiger partial charge on any atom is -0.368 e. The fraction of sp³-hybridized carbons (Fsp3) is 0.440. The molecule has 2 aliphatic heterocycles. The van der Waals surface area contributed by atoms with Crippen molar-refractivity contribution in [3.05, 3.63) is 53.8 Å². The van der Waals surface area contributed by atoms with E-state index >= 15 is 8.78 Å². The van der Waals surface area contributed by atoms with Crippen molar-refractivity contribution in [1.29, 1.82) is 0 Å². The van der Waals surface area contributed by atoms with E-state index in [2.05, 4.69) is 20.6 Å². The minimum atomic E-state index is -2.84. The van der Waals surface area contributed by atoms with Crippen molar-refractivity contribution >= 4 is 5.91 Å². The Balaban J connectivity index is 1.19. The van der Waals surface area contributed by atoms with Crippen LogP contribution in [0.2, 0.25) is 0 Å². The molecule has 3 fully saturated rings. The van der Waals surface area contributed by atoms with E-state index in [9.17, 15) is 9.18 Å². The van der Waals surface area contributed by atoms with Crippen LogP contribution in [0.1, 0.15) is 37.2 Å². The van der Waals surface area contributed by atoms with Crippen LogP contribution < -0.4 is 0 Å². The second kappa shape index (κ2) is 8.15. The van der Waals surface area contributed by atoms with Gasteiger partial charge in [0.1, 0.15) is 11.9 Å². The Kier molecular flexibility index (Phi) is 5.17. The predicted octanol–water partition coefficient (Wildman–Crippen LogP) is 4.19. The van der Waals surface area contributed by atoms with Gasteiger partial charge >= 0.3 is 0 Å². The van der Waals surface area contributed by atoms with E-state index < -0.39 is 29.2 Å². The van der Waals surface area contributed by atoms with Gasteiger partial charge in [-0.2, -0.15) is 5.21 Å². The van der Waals surface area contributed by atoms with Crippen LogP contribution in [0.4, 0.5) is 13.2 Å². The zero-order chi connectivity index (χ0) is 24.2. The molecule has 2 saturated heterocycles. The number of aromatic amines is 1. The highest BCUT2D eigenvalue weighted by Crippen LogP contribution is 2.75. The average Bonchev–Trinajstić information content (AvgIpc) is 3.43. The largest absolute Gasteiger partial charge is 0.368 e. The van der Waals surface area contributed by atoms with Gasteiger partial charge in [0.2, 0.25) is 5.82 Å². The molecule has 3 aromatic rings. The number of ether oxygens (including phenoxy) is 1. The molecule has 3 aliphatic rings. The van der Waals surface area contributed by atoms with Crippen LogP contribution in [-0.2, 0) is 9.53 Å². The SMILES string of the molecule is O=C([C@H]1CCCO1)N1CCC2(CC1)[C@@H](c1ccc(-c3cc(-c4nn[nH]n4)ccc3F)cc1)C2(F)F. The molecule has 0 radical (unpaired) electrons. The molecule has 1 spiro atoms. The third-order valence-electron chi connectivity index (χ3n) is 7.79. The normalized spacial score (nSPS) is 24.6. The molecule has 1 saturated carbocycles. The number of nitrogens with zero attached hydrogens (tertiary/aromatic N) is 4. The van der Waals surface area contributed by atoms with E-state index in [-0.39, 0.29) is 18.7 Å². The first-order valence-corrected chi connectivity index (χ1v) is 11.8. The molecule has 1 aliphatic carbocycles. The van der Waals surface area contributed by atoms with E-state index in [1.807, 2.05) is 0 Å². The maximum Gasteiger partial charge on any atom is 0.262 e. The first-order valence-electron chi connectivity index (χ1n) is 11.8. The maximum absolute atomic E-state index is 15.1. The third kappa shape index (κ3) is 3.53. The molecule has 6 rings (SSSR count). The molecule has 10 heteroatoms. The molecule has 182 valence electrons. The van der Waals surface area contributed by atoms with Gasteiger partial charge < -0.3 is 9.64 Å². The summed E-state index contributed by atoms with van der Waals surface area (Å²) in [6.07, 6.45) is 1.64. The van der Waals surface area contributed by atoms with Gasteiger partial charge in [0.05, 0.1) is 11.3 Å². The van der Waals surface area contributed by atoms with Crippen molar-refractivity contribution in [2.45, 2.75) is 43.6 Å². The summed E-state index contributed by atoms with van der Waals surface area (Å²) in [5.74, 6) is -3.91. The summed E-state index contributed by atoms with van der Waals surface area (Å²) in [6, 6.07) is 11.2. The van der Waals surface area contributed by atoms with Crippen molar-refractivity contribution in [1.82, 2.24) is 25.5 Å². The first-order chi connectivity index (χ1) is 16.9. The van der Waals surface area contributed by atoms with Crippen molar-refractivity contribution in [2.75, 3.05) is 19.7 Å². The summed E-state index contributed by atoms with van der Waals surface area (Å²) in [4.78, 5) is 14.3. The molecule has 2 aromatic carbocycles. The number of benzene rings is 2. The van der Waals surface area contributed by atoms with E-state index in [0.717, 1.165) is 6.42 Å². The fourth-order valence-corrected chi connectivity index (χ4v) is 5.79. The standard InChI is InChI=1S/C25H24F3N5O2/c26-19-8-7-17(22-29-31-32-30-22)14-18(19)15-3-5-16(6-4-15)21-24(25(21,27)28)9-11-33(12-10-24)23(34)20-2-1-13-35-20/h3-8,14,20-21H,1-2,9-13H2,(H,29,30,31,32)/t20-,21-/m1/s1. The summed E-state index contributed by atoms with van der Waals surface area (Å²) < 4.78 is 50.3. The van der Waals surface area contributed by atoms with Gasteiger partial charge in [0.25, 0.3) is 11.8 Å². The van der Waals surface area contributed by atoms with Gasteiger partial charge in [-0.1, -0.05) is 24.3 Å². The fourth-order valence-electron chi connectivity index (χ4n) is 5.79. The maximum atomic E-state index is 15.1. The lowest BCUT2D eigenvalue weighted by Gasteiger charge is -2.34. The van der Waals surface area contributed by atoms with Crippen molar-refractivity contribution < 1.29 is 22.7 Å². The van der Waals surface area contributed by atoms with Crippen LogP contribution in [0.3, 0.4) is 0 Å². The number of carbonyl (C=O) groups excluding carboxylic acids is 1. The Hall–Kier alpha value is -3.27.